The Morgan fingerprint density at radius 1 is 0.607 bits per heavy atom. The number of carbonyl (C=O) groups is 1. The number of ketones is 1. The van der Waals surface area contributed by atoms with Gasteiger partial charge in [-0.15, -0.1) is 0 Å². The fraction of sp³-hybridized carbons (Fsp3) is 0.528. The zero-order chi connectivity index (χ0) is 45.4. The van der Waals surface area contributed by atoms with Crippen molar-refractivity contribution < 1.29 is 32.3 Å². The standard InChI is InChI=1S/C53H68O7S/c1-29(2)59-46-39-23-33(50(9,10)11)24-40(46)36-20-32(49(6,7)8)22-38(45(36)56)42-26-34(51(12,13)14)25-41(37-21-31(48(3,4)5)19-35(39)44(37)55)47(42)60-61(57,58)28-53-18-17-30(27-43(53)54)52(53,15)16/h19-26,29-30,55-56H,17-18,27-28H2,1-16H3. The van der Waals surface area contributed by atoms with Gasteiger partial charge in [0.15, 0.2) is 5.75 Å². The van der Waals surface area contributed by atoms with Gasteiger partial charge in [0.05, 0.1) is 17.3 Å². The molecule has 0 aliphatic heterocycles. The fourth-order valence-electron chi connectivity index (χ4n) is 9.90. The smallest absolute Gasteiger partial charge is 0.310 e. The van der Waals surface area contributed by atoms with Gasteiger partial charge in [-0.3, -0.25) is 4.79 Å². The number of Topliss-reactive ketones (excluding diaryl/α,β-unsaturated/α-hetero) is 1. The molecule has 10 bridgehead atoms. The van der Waals surface area contributed by atoms with Gasteiger partial charge in [0.25, 0.3) is 0 Å². The van der Waals surface area contributed by atoms with Gasteiger partial charge in [-0.1, -0.05) is 96.9 Å². The topological polar surface area (TPSA) is 110 Å². The summed E-state index contributed by atoms with van der Waals surface area (Å²) in [5.41, 5.74) is 4.31. The number of ether oxygens (including phenoxy) is 1. The average Bonchev–Trinajstić information content (AvgIpc) is 3.44. The third-order valence-corrected chi connectivity index (χ3v) is 15.4. The molecule has 2 atom stereocenters. The molecule has 61 heavy (non-hydrogen) atoms. The van der Waals surface area contributed by atoms with Crippen LogP contribution in [0.2, 0.25) is 0 Å². The monoisotopic (exact) mass is 848 g/mol. The van der Waals surface area contributed by atoms with Gasteiger partial charge in [-0.25, -0.2) is 0 Å². The Bertz CT molecular complexity index is 2470. The number of hydrogen-bond acceptors (Lipinski definition) is 7. The second-order valence-electron chi connectivity index (χ2n) is 23.3. The number of carbonyl (C=O) groups excluding carboxylic acids is 1. The second kappa shape index (κ2) is 14.1. The Morgan fingerprint density at radius 2 is 0.934 bits per heavy atom. The zero-order valence-corrected chi connectivity index (χ0v) is 40.3. The highest BCUT2D eigenvalue weighted by atomic mass is 32.2. The van der Waals surface area contributed by atoms with Crippen molar-refractivity contribution in [3.05, 3.63) is 70.8 Å². The summed E-state index contributed by atoms with van der Waals surface area (Å²) in [6.07, 6.45) is 1.38. The predicted octanol–water partition coefficient (Wildman–Crippen LogP) is 13.2. The summed E-state index contributed by atoms with van der Waals surface area (Å²) in [5.74, 6) is 0.0551. The minimum absolute atomic E-state index is 0.0000796. The minimum Gasteiger partial charge on any atom is -0.507 e. The lowest BCUT2D eigenvalue weighted by molar-refractivity contribution is -0.128. The van der Waals surface area contributed by atoms with Crippen molar-refractivity contribution in [2.45, 2.75) is 158 Å². The summed E-state index contributed by atoms with van der Waals surface area (Å²) in [4.78, 5) is 13.8. The van der Waals surface area contributed by atoms with Crippen LogP contribution in [0.1, 0.15) is 152 Å². The molecule has 3 aliphatic rings. The molecule has 4 aromatic carbocycles. The summed E-state index contributed by atoms with van der Waals surface area (Å²) in [7, 11) is -4.49. The minimum atomic E-state index is -4.49. The van der Waals surface area contributed by atoms with Crippen molar-refractivity contribution in [3.8, 4) is 67.5 Å². The first-order valence-corrected chi connectivity index (χ1v) is 23.6. The van der Waals surface area contributed by atoms with E-state index in [-0.39, 0.29) is 40.5 Å². The van der Waals surface area contributed by atoms with E-state index in [0.717, 1.165) is 28.7 Å². The lowest BCUT2D eigenvalue weighted by atomic mass is 9.70. The third kappa shape index (κ3) is 7.57. The van der Waals surface area contributed by atoms with Crippen LogP contribution in [0.15, 0.2) is 48.5 Å². The van der Waals surface area contributed by atoms with Crippen molar-refractivity contribution in [1.82, 2.24) is 0 Å². The Labute approximate surface area is 365 Å². The summed E-state index contributed by atoms with van der Waals surface area (Å²) in [6.45, 7) is 33.3. The molecule has 2 fully saturated rings. The second-order valence-corrected chi connectivity index (χ2v) is 24.8. The molecule has 0 spiro atoms. The number of rotatable bonds is 6. The summed E-state index contributed by atoms with van der Waals surface area (Å²) in [5, 5.41) is 25.9. The van der Waals surface area contributed by atoms with E-state index in [4.69, 9.17) is 8.92 Å². The molecule has 0 saturated heterocycles. The third-order valence-electron chi connectivity index (χ3n) is 14.1. The van der Waals surface area contributed by atoms with Crippen LogP contribution in [0.5, 0.6) is 23.0 Å². The highest BCUT2D eigenvalue weighted by Crippen LogP contribution is 2.65. The Balaban J connectivity index is 1.70. The average molecular weight is 849 g/mol. The van der Waals surface area contributed by atoms with Gasteiger partial charge in [0.2, 0.25) is 0 Å². The number of aromatic hydroxyl groups is 2. The maximum absolute atomic E-state index is 14.9. The Hall–Kier alpha value is -4.30. The van der Waals surface area contributed by atoms with E-state index in [1.165, 1.54) is 0 Å². The van der Waals surface area contributed by atoms with Crippen LogP contribution in [0.4, 0.5) is 0 Å². The molecule has 0 aromatic heterocycles. The van der Waals surface area contributed by atoms with Crippen molar-refractivity contribution in [2.24, 2.45) is 16.7 Å². The van der Waals surface area contributed by atoms with Gasteiger partial charge in [-0.2, -0.15) is 8.42 Å². The number of phenolic OH excluding ortho intramolecular Hbond substituents is 2. The summed E-state index contributed by atoms with van der Waals surface area (Å²) in [6, 6.07) is 15.9. The molecule has 328 valence electrons. The van der Waals surface area contributed by atoms with Crippen molar-refractivity contribution >= 4 is 15.9 Å². The van der Waals surface area contributed by atoms with E-state index in [2.05, 4.69) is 95.2 Å². The van der Waals surface area contributed by atoms with Crippen LogP contribution in [0, 0.1) is 16.7 Å². The molecule has 2 N–H and O–H groups in total. The van der Waals surface area contributed by atoms with Crippen molar-refractivity contribution in [3.63, 3.8) is 0 Å². The van der Waals surface area contributed by atoms with E-state index in [0.29, 0.717) is 63.1 Å². The lowest BCUT2D eigenvalue weighted by Crippen LogP contribution is -2.43. The molecule has 7 rings (SSSR count). The number of fused-ring (bicyclic) bond motifs is 14. The first kappa shape index (κ1) is 44.7. The van der Waals surface area contributed by atoms with Crippen LogP contribution in [0.3, 0.4) is 0 Å². The Morgan fingerprint density at radius 3 is 1.21 bits per heavy atom. The lowest BCUT2D eigenvalue weighted by Gasteiger charge is -2.36. The zero-order valence-electron chi connectivity index (χ0n) is 39.4. The quantitative estimate of drug-likeness (QED) is 0.164. The highest BCUT2D eigenvalue weighted by Gasteiger charge is 2.65. The molecule has 7 nitrogen and oxygen atoms in total. The summed E-state index contributed by atoms with van der Waals surface area (Å²) >= 11 is 0. The van der Waals surface area contributed by atoms with Gasteiger partial charge in [0, 0.05) is 50.9 Å². The molecule has 2 unspecified atom stereocenters. The van der Waals surface area contributed by atoms with Gasteiger partial charge < -0.3 is 19.1 Å². The first-order valence-electron chi connectivity index (χ1n) is 22.0. The van der Waals surface area contributed by atoms with Gasteiger partial charge >= 0.3 is 10.1 Å². The molecule has 0 heterocycles. The van der Waals surface area contributed by atoms with Gasteiger partial charge in [0.1, 0.15) is 23.0 Å². The molecule has 3 aliphatic carbocycles. The maximum Gasteiger partial charge on any atom is 0.310 e. The molecule has 0 radical (unpaired) electrons. The number of benzene rings is 4. The van der Waals surface area contributed by atoms with E-state index >= 15 is 0 Å². The molecule has 8 heteroatoms. The molecule has 4 aromatic rings. The van der Waals surface area contributed by atoms with E-state index in [1.807, 2.05) is 64.1 Å². The molecule has 0 amide bonds. The molecular formula is C53H68O7S. The van der Waals surface area contributed by atoms with Crippen LogP contribution in [-0.2, 0) is 36.6 Å². The molecular weight excluding hydrogens is 781 g/mol. The Kier molecular flexibility index (Phi) is 10.3. The summed E-state index contributed by atoms with van der Waals surface area (Å²) < 4.78 is 43.2. The van der Waals surface area contributed by atoms with E-state index in [1.54, 1.807) is 0 Å². The maximum atomic E-state index is 14.9. The van der Waals surface area contributed by atoms with Crippen LogP contribution >= 0.6 is 0 Å². The van der Waals surface area contributed by atoms with Crippen LogP contribution < -0.4 is 8.92 Å². The largest absolute Gasteiger partial charge is 0.507 e. The number of hydrogen-bond donors (Lipinski definition) is 2. The van der Waals surface area contributed by atoms with E-state index < -0.39 is 42.9 Å². The number of phenols is 2. The first-order chi connectivity index (χ1) is 27.8. The normalized spacial score (nSPS) is 19.8. The van der Waals surface area contributed by atoms with E-state index in [9.17, 15) is 23.4 Å². The van der Waals surface area contributed by atoms with Gasteiger partial charge in [-0.05, 0) is 130 Å². The SMILES string of the molecule is CC(C)Oc1c2cc(C(C)(C)C)cc1-c1cc(C(C)(C)C)cc(c1O)-c1cc(C(C)(C)C)cc(c1OS(=O)(=O)CC13CCC(CC1=O)C3(C)C)-c1cc(C(C)(C)C)cc-2c1O. The predicted molar refractivity (Wildman–Crippen MR) is 249 cm³/mol. The van der Waals surface area contributed by atoms with Crippen LogP contribution in [-0.4, -0.2) is 36.3 Å². The highest BCUT2D eigenvalue weighted by molar-refractivity contribution is 7.87. The fourth-order valence-corrected chi connectivity index (χ4v) is 11.7. The van der Waals surface area contributed by atoms with Crippen molar-refractivity contribution in [2.75, 3.05) is 5.75 Å². The molecule has 2 saturated carbocycles. The van der Waals surface area contributed by atoms with Crippen LogP contribution in [0.25, 0.3) is 44.5 Å². The van der Waals surface area contributed by atoms with Crippen molar-refractivity contribution in [1.29, 1.82) is 0 Å².